The first-order valence-electron chi connectivity index (χ1n) is 22.9. The Hall–Kier alpha value is -0.0900. The molecule has 0 radical (unpaired) electrons. The van der Waals surface area contributed by atoms with Crippen molar-refractivity contribution in [3.63, 3.8) is 0 Å². The summed E-state index contributed by atoms with van der Waals surface area (Å²) in [5.41, 5.74) is -1.57. The van der Waals surface area contributed by atoms with E-state index in [9.17, 15) is 30.3 Å². The van der Waals surface area contributed by atoms with Gasteiger partial charge in [0.2, 0.25) is 0 Å². The van der Waals surface area contributed by atoms with E-state index in [1.165, 1.54) is 14.0 Å². The van der Waals surface area contributed by atoms with Crippen molar-refractivity contribution in [2.45, 2.75) is 235 Å². The summed E-state index contributed by atoms with van der Waals surface area (Å²) in [6, 6.07) is 0. The summed E-state index contributed by atoms with van der Waals surface area (Å²) < 4.78 is 65.1. The van der Waals surface area contributed by atoms with Crippen LogP contribution in [0.15, 0.2) is 0 Å². The van der Waals surface area contributed by atoms with Gasteiger partial charge in [0, 0.05) is 63.6 Å². The van der Waals surface area contributed by atoms with Gasteiger partial charge in [-0.3, -0.25) is 4.79 Å². The van der Waals surface area contributed by atoms with Crippen molar-refractivity contribution in [2.24, 2.45) is 29.6 Å². The molecule has 16 nitrogen and oxygen atoms in total. The second-order valence-corrected chi connectivity index (χ2v) is 20.7. The number of carboxylic acids is 1. The minimum atomic E-state index is -2.15. The van der Waals surface area contributed by atoms with E-state index in [1.807, 2.05) is 34.6 Å². The molecule has 0 amide bonds. The fraction of sp³-hybridized carbons (Fsp3) is 0.978. The Balaban J connectivity index is 0.00000641. The largest absolute Gasteiger partial charge is 1.00 e. The molecule has 352 valence electrons. The normalized spacial score (nSPS) is 54.0. The minimum absolute atomic E-state index is 0. The molecular formula is C45H76NaO16+. The van der Waals surface area contributed by atoms with E-state index in [1.54, 1.807) is 14.0 Å². The molecule has 7 aliphatic heterocycles. The van der Waals surface area contributed by atoms with Gasteiger partial charge in [-0.25, -0.2) is 0 Å². The van der Waals surface area contributed by atoms with Crippen LogP contribution in [0, 0.1) is 29.6 Å². The molecule has 62 heavy (non-hydrogen) atoms. The first-order chi connectivity index (χ1) is 28.5. The Labute approximate surface area is 389 Å². The van der Waals surface area contributed by atoms with Crippen molar-refractivity contribution in [3.05, 3.63) is 0 Å². The summed E-state index contributed by atoms with van der Waals surface area (Å²) >= 11 is 0. The molecule has 23 atom stereocenters. The van der Waals surface area contributed by atoms with E-state index in [0.717, 1.165) is 12.8 Å². The van der Waals surface area contributed by atoms with Crippen LogP contribution in [0.3, 0.4) is 0 Å². The molecule has 0 unspecified atom stereocenters. The van der Waals surface area contributed by atoms with Crippen LogP contribution in [0.5, 0.6) is 0 Å². The number of hydrogen-bond donors (Lipinski definition) is 5. The quantitative estimate of drug-likeness (QED) is 0.184. The summed E-state index contributed by atoms with van der Waals surface area (Å²) in [7, 11) is 3.14. The van der Waals surface area contributed by atoms with Gasteiger partial charge in [0.25, 0.3) is 0 Å². The molecule has 0 bridgehead atoms. The van der Waals surface area contributed by atoms with Crippen molar-refractivity contribution in [3.8, 4) is 0 Å². The Morgan fingerprint density at radius 2 is 1.53 bits per heavy atom. The Morgan fingerprint density at radius 1 is 0.823 bits per heavy atom. The fourth-order valence-electron chi connectivity index (χ4n) is 12.0. The van der Waals surface area contributed by atoms with Gasteiger partial charge in [-0.1, -0.05) is 34.6 Å². The Kier molecular flexibility index (Phi) is 15.8. The van der Waals surface area contributed by atoms with Crippen LogP contribution in [-0.4, -0.2) is 154 Å². The van der Waals surface area contributed by atoms with Gasteiger partial charge < -0.3 is 72.9 Å². The number of hydrogen-bond acceptors (Lipinski definition) is 15. The fourth-order valence-corrected chi connectivity index (χ4v) is 12.0. The van der Waals surface area contributed by atoms with Crippen molar-refractivity contribution in [1.82, 2.24) is 0 Å². The number of carboxylic acid groups (broad SMARTS) is 1. The van der Waals surface area contributed by atoms with Gasteiger partial charge in [-0.15, -0.1) is 0 Å². The summed E-state index contributed by atoms with van der Waals surface area (Å²) in [6.07, 6.45) is -2.26. The maximum Gasteiger partial charge on any atom is 1.00 e. The maximum absolute atomic E-state index is 11.8. The van der Waals surface area contributed by atoms with E-state index in [-0.39, 0.29) is 84.4 Å². The number of aliphatic hydroxyl groups excluding tert-OH is 2. The molecule has 17 heteroatoms. The van der Waals surface area contributed by atoms with Crippen LogP contribution in [-0.2, 0) is 52.2 Å². The molecule has 0 aromatic heterocycles. The van der Waals surface area contributed by atoms with Crippen molar-refractivity contribution < 1.29 is 107 Å². The van der Waals surface area contributed by atoms with Gasteiger partial charge in [0.15, 0.2) is 23.7 Å². The summed E-state index contributed by atoms with van der Waals surface area (Å²) in [4.78, 5) is 11.8. The minimum Gasteiger partial charge on any atom is -0.481 e. The molecule has 5 N–H and O–H groups in total. The predicted octanol–water partition coefficient (Wildman–Crippen LogP) is 1.04. The Morgan fingerprint density at radius 3 is 2.18 bits per heavy atom. The topological polar surface area (TPSA) is 211 Å². The average molecular weight is 896 g/mol. The zero-order chi connectivity index (χ0) is 44.6. The van der Waals surface area contributed by atoms with E-state index in [2.05, 4.69) is 13.8 Å². The van der Waals surface area contributed by atoms with Crippen LogP contribution in [0.2, 0.25) is 0 Å². The third kappa shape index (κ3) is 9.77. The third-order valence-corrected chi connectivity index (χ3v) is 16.2. The smallest absolute Gasteiger partial charge is 0.481 e. The number of ether oxygens (including phenoxy) is 10. The zero-order valence-electron chi connectivity index (χ0n) is 39.2. The van der Waals surface area contributed by atoms with Crippen molar-refractivity contribution in [1.29, 1.82) is 0 Å². The van der Waals surface area contributed by atoms with Crippen LogP contribution in [0.25, 0.3) is 0 Å². The van der Waals surface area contributed by atoms with Gasteiger partial charge in [0.1, 0.15) is 12.2 Å². The molecule has 7 fully saturated rings. The molecule has 7 rings (SSSR count). The monoisotopic (exact) mass is 896 g/mol. The van der Waals surface area contributed by atoms with Crippen molar-refractivity contribution >= 4 is 5.97 Å². The molecule has 0 aromatic carbocycles. The number of aliphatic hydroxyl groups is 4. The van der Waals surface area contributed by atoms with Crippen LogP contribution in [0.1, 0.15) is 127 Å². The Bertz CT molecular complexity index is 1540. The zero-order valence-corrected chi connectivity index (χ0v) is 41.2. The molecule has 7 heterocycles. The number of aliphatic carboxylic acids is 1. The molecule has 1 spiro atoms. The molecule has 7 aliphatic rings. The van der Waals surface area contributed by atoms with E-state index in [0.29, 0.717) is 38.5 Å². The number of methoxy groups -OCH3 is 2. The molecular weight excluding hydrogens is 819 g/mol. The van der Waals surface area contributed by atoms with E-state index in [4.69, 9.17) is 47.4 Å². The molecule has 0 aliphatic carbocycles. The van der Waals surface area contributed by atoms with Gasteiger partial charge >= 0.3 is 35.5 Å². The van der Waals surface area contributed by atoms with Crippen LogP contribution in [0.4, 0.5) is 0 Å². The standard InChI is InChI=1S/C45H76O16.Na/c1-22-18-23(2)43(9,50)58-36(22)30-19-31(55-34-13-12-29(52-10)27(6)54-34)40(56-30)42(8)15-14-32(57-42)41(7)16-17-44(61-41)20-28(46)24(3)37(59-44)25(4)38-39(53-11)35(49)26(5)45(51,60-38)21-33(47)48;/h22-32,34-40,46,49-51H,12-21H2,1-11H3,(H,47,48);/q;+1/t22-,23+,24+,25+,26-,27+,28-,29-,30+,31-,32+,34-,35-,36-,37-,38-,39+,40+,41-,42-,43-,44+,45+;/m0./s1. The number of rotatable bonds is 11. The van der Waals surface area contributed by atoms with Gasteiger partial charge in [-0.05, 0) is 65.7 Å². The average Bonchev–Trinajstić information content (AvgIpc) is 3.89. The first-order valence-corrected chi connectivity index (χ1v) is 22.9. The van der Waals surface area contributed by atoms with Gasteiger partial charge in [0.05, 0.1) is 78.7 Å². The molecule has 7 saturated heterocycles. The van der Waals surface area contributed by atoms with E-state index < -0.39 is 102 Å². The SMILES string of the molecule is CO[C@@H]1[C@@H](O)[C@H](C)[C@@](O)(CC(=O)O)O[C@H]1[C@H](C)[C@H]1O[C@@]2(CC[C@@](C)([C@H]3CC[C@@](C)([C@@H]4O[C@@H]([C@H]5O[C@](C)(O)[C@H](C)C[C@@H]5C)C[C@@H]4O[C@H]4CC[C@H](OC)[C@@H](C)O4)O3)O2)C[C@H](O)[C@H]1C.[Na+]. The first kappa shape index (κ1) is 51.3. The summed E-state index contributed by atoms with van der Waals surface area (Å²) in [6.45, 7) is 17.3. The second kappa shape index (κ2) is 19.1. The molecule has 0 aromatic rings. The van der Waals surface area contributed by atoms with Gasteiger partial charge in [-0.2, -0.15) is 0 Å². The summed E-state index contributed by atoms with van der Waals surface area (Å²) in [5, 5.41) is 55.1. The summed E-state index contributed by atoms with van der Waals surface area (Å²) in [5.74, 6) is -7.65. The van der Waals surface area contributed by atoms with Crippen LogP contribution < -0.4 is 29.6 Å². The van der Waals surface area contributed by atoms with Crippen molar-refractivity contribution in [2.75, 3.05) is 14.2 Å². The third-order valence-electron chi connectivity index (χ3n) is 16.2. The maximum atomic E-state index is 11.8. The van der Waals surface area contributed by atoms with Crippen LogP contribution >= 0.6 is 0 Å². The second-order valence-electron chi connectivity index (χ2n) is 20.7. The molecule has 0 saturated carbocycles. The number of carbonyl (C=O) groups is 1. The predicted molar refractivity (Wildman–Crippen MR) is 217 cm³/mol. The van der Waals surface area contributed by atoms with E-state index >= 15 is 0 Å².